The van der Waals surface area contributed by atoms with Gasteiger partial charge in [0.15, 0.2) is 0 Å². The van der Waals surface area contributed by atoms with Gasteiger partial charge in [0.2, 0.25) is 0 Å². The van der Waals surface area contributed by atoms with Crippen molar-refractivity contribution in [2.24, 2.45) is 0 Å². The molecule has 2 aromatic rings. The summed E-state index contributed by atoms with van der Waals surface area (Å²) < 4.78 is 15.6. The Labute approximate surface area is 116 Å². The third-order valence-electron chi connectivity index (χ3n) is 2.40. The molecule has 0 bridgehead atoms. The minimum atomic E-state index is -0.592. The van der Waals surface area contributed by atoms with Gasteiger partial charge in [-0.05, 0) is 28.7 Å². The van der Waals surface area contributed by atoms with Crippen molar-refractivity contribution < 1.29 is 4.39 Å². The Bertz CT molecular complexity index is 690. The number of hydrogen-bond acceptors (Lipinski definition) is 3. The normalized spacial score (nSPS) is 10.1. The van der Waals surface area contributed by atoms with Crippen molar-refractivity contribution >= 4 is 22.6 Å². The van der Waals surface area contributed by atoms with Crippen molar-refractivity contribution in [3.05, 3.63) is 61.6 Å². The van der Waals surface area contributed by atoms with E-state index in [-0.39, 0.29) is 17.7 Å². The molecule has 0 radical (unpaired) electrons. The highest BCUT2D eigenvalue weighted by atomic mass is 127. The SMILES string of the molecule is N#Cc1cccc(Cn2cncc(I)c2=O)c1F. The summed E-state index contributed by atoms with van der Waals surface area (Å²) in [6, 6.07) is 6.30. The van der Waals surface area contributed by atoms with Gasteiger partial charge in [0.25, 0.3) is 5.56 Å². The van der Waals surface area contributed by atoms with E-state index in [2.05, 4.69) is 4.98 Å². The van der Waals surface area contributed by atoms with E-state index in [1.54, 1.807) is 18.2 Å². The average Bonchev–Trinajstić information content (AvgIpc) is 2.37. The van der Waals surface area contributed by atoms with E-state index in [0.717, 1.165) is 0 Å². The number of nitrogens with zero attached hydrogens (tertiary/aromatic N) is 3. The summed E-state index contributed by atoms with van der Waals surface area (Å²) in [5.41, 5.74) is 0.0337. The van der Waals surface area contributed by atoms with Gasteiger partial charge in [-0.15, -0.1) is 0 Å². The number of aromatic nitrogens is 2. The molecular weight excluding hydrogens is 348 g/mol. The smallest absolute Gasteiger partial charge is 0.267 e. The number of rotatable bonds is 2. The standard InChI is InChI=1S/C12H7FIN3O/c13-11-8(4-15)2-1-3-9(11)6-17-7-16-5-10(14)12(17)18/h1-3,5,7H,6H2. The van der Waals surface area contributed by atoms with Crippen LogP contribution in [0, 0.1) is 20.7 Å². The van der Waals surface area contributed by atoms with Gasteiger partial charge in [-0.2, -0.15) is 5.26 Å². The first kappa shape index (κ1) is 12.7. The molecular formula is C12H7FIN3O. The molecule has 0 aliphatic carbocycles. The minimum absolute atomic E-state index is 0.0286. The Morgan fingerprint density at radius 3 is 3.00 bits per heavy atom. The zero-order valence-corrected chi connectivity index (χ0v) is 11.3. The van der Waals surface area contributed by atoms with Crippen LogP contribution < -0.4 is 5.56 Å². The maximum absolute atomic E-state index is 13.8. The summed E-state index contributed by atoms with van der Waals surface area (Å²) in [5.74, 6) is -0.592. The highest BCUT2D eigenvalue weighted by Gasteiger charge is 2.09. The van der Waals surface area contributed by atoms with E-state index in [0.29, 0.717) is 9.13 Å². The molecule has 0 atom stereocenters. The number of benzene rings is 1. The van der Waals surface area contributed by atoms with Crippen LogP contribution in [0.3, 0.4) is 0 Å². The number of halogens is 2. The van der Waals surface area contributed by atoms with Crippen molar-refractivity contribution in [3.8, 4) is 6.07 Å². The molecule has 1 aromatic heterocycles. The summed E-state index contributed by atoms with van der Waals surface area (Å²) in [6.07, 6.45) is 2.80. The van der Waals surface area contributed by atoms with Crippen LogP contribution >= 0.6 is 22.6 Å². The lowest BCUT2D eigenvalue weighted by atomic mass is 10.1. The Hall–Kier alpha value is -1.75. The van der Waals surface area contributed by atoms with E-state index >= 15 is 0 Å². The van der Waals surface area contributed by atoms with Crippen molar-refractivity contribution in [2.45, 2.75) is 6.54 Å². The fourth-order valence-electron chi connectivity index (χ4n) is 1.51. The molecule has 0 N–H and O–H groups in total. The van der Waals surface area contributed by atoms with E-state index < -0.39 is 5.82 Å². The highest BCUT2D eigenvalue weighted by molar-refractivity contribution is 14.1. The van der Waals surface area contributed by atoms with E-state index in [1.165, 1.54) is 23.2 Å². The third-order valence-corrected chi connectivity index (χ3v) is 3.14. The van der Waals surface area contributed by atoms with Crippen LogP contribution in [0.1, 0.15) is 11.1 Å². The van der Waals surface area contributed by atoms with Crippen molar-refractivity contribution in [1.29, 1.82) is 5.26 Å². The largest absolute Gasteiger partial charge is 0.294 e. The van der Waals surface area contributed by atoms with E-state index in [4.69, 9.17) is 5.26 Å². The van der Waals surface area contributed by atoms with Gasteiger partial charge < -0.3 is 0 Å². The molecule has 0 spiro atoms. The molecule has 6 heteroatoms. The second-order valence-electron chi connectivity index (χ2n) is 3.57. The highest BCUT2D eigenvalue weighted by Crippen LogP contribution is 2.12. The molecule has 0 aliphatic heterocycles. The van der Waals surface area contributed by atoms with Crippen molar-refractivity contribution in [2.75, 3.05) is 0 Å². The van der Waals surface area contributed by atoms with Crippen LogP contribution in [-0.4, -0.2) is 9.55 Å². The van der Waals surface area contributed by atoms with Gasteiger partial charge in [0.1, 0.15) is 11.9 Å². The van der Waals surface area contributed by atoms with Gasteiger partial charge in [-0.3, -0.25) is 9.36 Å². The van der Waals surface area contributed by atoms with E-state index in [9.17, 15) is 9.18 Å². The van der Waals surface area contributed by atoms with Gasteiger partial charge in [-0.1, -0.05) is 12.1 Å². The molecule has 0 saturated heterocycles. The number of nitriles is 1. The molecule has 0 unspecified atom stereocenters. The molecule has 1 aromatic carbocycles. The molecule has 0 fully saturated rings. The summed E-state index contributed by atoms with van der Waals surface area (Å²) in [5, 5.41) is 8.74. The van der Waals surface area contributed by atoms with Crippen LogP contribution in [0.5, 0.6) is 0 Å². The zero-order chi connectivity index (χ0) is 13.1. The predicted molar refractivity (Wildman–Crippen MR) is 71.4 cm³/mol. The zero-order valence-electron chi connectivity index (χ0n) is 9.10. The van der Waals surface area contributed by atoms with Crippen LogP contribution in [0.25, 0.3) is 0 Å². The minimum Gasteiger partial charge on any atom is -0.294 e. The molecule has 4 nitrogen and oxygen atoms in total. The Kier molecular flexibility index (Phi) is 3.72. The monoisotopic (exact) mass is 355 g/mol. The van der Waals surface area contributed by atoms with Gasteiger partial charge >= 0.3 is 0 Å². The first-order valence-electron chi connectivity index (χ1n) is 5.01. The average molecular weight is 355 g/mol. The molecule has 0 aliphatic rings. The first-order valence-corrected chi connectivity index (χ1v) is 6.09. The summed E-state index contributed by atoms with van der Waals surface area (Å²) in [6.45, 7) is 0.0596. The maximum Gasteiger partial charge on any atom is 0.267 e. The first-order chi connectivity index (χ1) is 8.63. The van der Waals surface area contributed by atoms with Crippen LogP contribution in [0.4, 0.5) is 4.39 Å². The summed E-state index contributed by atoms with van der Waals surface area (Å²) in [7, 11) is 0. The second kappa shape index (κ2) is 5.27. The molecule has 90 valence electrons. The lowest BCUT2D eigenvalue weighted by Crippen LogP contribution is -2.23. The van der Waals surface area contributed by atoms with Crippen LogP contribution in [-0.2, 0) is 6.54 Å². The number of hydrogen-bond donors (Lipinski definition) is 0. The Balaban J connectivity index is 2.44. The summed E-state index contributed by atoms with van der Waals surface area (Å²) in [4.78, 5) is 15.6. The second-order valence-corrected chi connectivity index (χ2v) is 4.73. The Morgan fingerprint density at radius 1 is 1.50 bits per heavy atom. The quantitative estimate of drug-likeness (QED) is 0.774. The maximum atomic E-state index is 13.8. The van der Waals surface area contributed by atoms with Crippen molar-refractivity contribution in [1.82, 2.24) is 9.55 Å². The van der Waals surface area contributed by atoms with Gasteiger partial charge in [0.05, 0.1) is 22.0 Å². The topological polar surface area (TPSA) is 58.7 Å². The third kappa shape index (κ3) is 2.41. The fraction of sp³-hybridized carbons (Fsp3) is 0.0833. The van der Waals surface area contributed by atoms with Gasteiger partial charge in [0, 0.05) is 11.8 Å². The molecule has 0 saturated carbocycles. The lowest BCUT2D eigenvalue weighted by Gasteiger charge is -2.07. The van der Waals surface area contributed by atoms with Crippen LogP contribution in [0.15, 0.2) is 35.5 Å². The molecule has 2 rings (SSSR count). The Morgan fingerprint density at radius 2 is 2.28 bits per heavy atom. The fourth-order valence-corrected chi connectivity index (χ4v) is 1.98. The van der Waals surface area contributed by atoms with Gasteiger partial charge in [-0.25, -0.2) is 9.37 Å². The molecule has 18 heavy (non-hydrogen) atoms. The molecule has 0 amide bonds. The van der Waals surface area contributed by atoms with Crippen molar-refractivity contribution in [3.63, 3.8) is 0 Å². The van der Waals surface area contributed by atoms with E-state index in [1.807, 2.05) is 22.6 Å². The predicted octanol–water partition coefficient (Wildman–Crippen LogP) is 1.91. The lowest BCUT2D eigenvalue weighted by molar-refractivity contribution is 0.590. The molecule has 1 heterocycles. The van der Waals surface area contributed by atoms with Crippen LogP contribution in [0.2, 0.25) is 0 Å². The summed E-state index contributed by atoms with van der Waals surface area (Å²) >= 11 is 1.87.